The van der Waals surface area contributed by atoms with Gasteiger partial charge in [-0.05, 0) is 37.6 Å². The molecule has 2 fully saturated rings. The summed E-state index contributed by atoms with van der Waals surface area (Å²) in [7, 11) is 2.09. The molecule has 0 bridgehead atoms. The first kappa shape index (κ1) is 5.72. The van der Waals surface area contributed by atoms with Gasteiger partial charge >= 0.3 is 0 Å². The fraction of sp³-hybridized carbons (Fsp3) is 1.00. The normalized spacial score (nSPS) is 55.3. The lowest BCUT2D eigenvalue weighted by molar-refractivity contribution is 0.519. The Morgan fingerprint density at radius 3 is 2.56 bits per heavy atom. The van der Waals surface area contributed by atoms with E-state index in [-0.39, 0.29) is 0 Å². The molecule has 1 N–H and O–H groups in total. The molecule has 0 aromatic carbocycles. The van der Waals surface area contributed by atoms with Crippen molar-refractivity contribution in [2.45, 2.75) is 32.2 Å². The highest BCUT2D eigenvalue weighted by Gasteiger charge is 2.57. The van der Waals surface area contributed by atoms with Crippen molar-refractivity contribution in [1.29, 1.82) is 0 Å². The highest BCUT2D eigenvalue weighted by Crippen LogP contribution is 2.62. The van der Waals surface area contributed by atoms with E-state index in [4.69, 9.17) is 0 Å². The van der Waals surface area contributed by atoms with Crippen LogP contribution in [0.1, 0.15) is 26.2 Å². The fourth-order valence-corrected chi connectivity index (χ4v) is 2.39. The van der Waals surface area contributed by atoms with E-state index in [1.807, 2.05) is 0 Å². The minimum absolute atomic E-state index is 0.772. The van der Waals surface area contributed by atoms with Gasteiger partial charge in [-0.3, -0.25) is 0 Å². The smallest absolute Gasteiger partial charge is 0.00979 e. The fourth-order valence-electron chi connectivity index (χ4n) is 2.39. The van der Waals surface area contributed by atoms with Crippen molar-refractivity contribution in [1.82, 2.24) is 5.32 Å². The van der Waals surface area contributed by atoms with Crippen molar-refractivity contribution in [2.24, 2.45) is 11.3 Å². The van der Waals surface area contributed by atoms with Crippen LogP contribution < -0.4 is 5.32 Å². The zero-order valence-corrected chi connectivity index (χ0v) is 6.28. The van der Waals surface area contributed by atoms with Crippen LogP contribution in [0.3, 0.4) is 0 Å². The van der Waals surface area contributed by atoms with Crippen LogP contribution in [0.4, 0.5) is 0 Å². The first-order valence-corrected chi connectivity index (χ1v) is 3.93. The second kappa shape index (κ2) is 1.51. The van der Waals surface area contributed by atoms with Crippen molar-refractivity contribution in [3.05, 3.63) is 0 Å². The number of hydrogen-bond donors (Lipinski definition) is 1. The zero-order chi connectivity index (χ0) is 6.48. The monoisotopic (exact) mass is 125 g/mol. The van der Waals surface area contributed by atoms with Gasteiger partial charge in [0.25, 0.3) is 0 Å². The summed E-state index contributed by atoms with van der Waals surface area (Å²) in [6, 6.07) is 0.856. The molecule has 0 aromatic heterocycles. The van der Waals surface area contributed by atoms with E-state index in [0.717, 1.165) is 17.4 Å². The molecule has 9 heavy (non-hydrogen) atoms. The largest absolute Gasteiger partial charge is 0.317 e. The molecule has 0 saturated heterocycles. The van der Waals surface area contributed by atoms with Gasteiger partial charge in [-0.15, -0.1) is 0 Å². The molecular weight excluding hydrogens is 110 g/mol. The topological polar surface area (TPSA) is 12.0 Å². The molecule has 0 heterocycles. The lowest BCUT2D eigenvalue weighted by Crippen LogP contribution is -2.24. The number of fused-ring (bicyclic) bond motifs is 1. The summed E-state index contributed by atoms with van der Waals surface area (Å²) >= 11 is 0. The van der Waals surface area contributed by atoms with Gasteiger partial charge in [0.15, 0.2) is 0 Å². The maximum absolute atomic E-state index is 3.38. The summed E-state index contributed by atoms with van der Waals surface area (Å²) in [5, 5.41) is 3.38. The van der Waals surface area contributed by atoms with Crippen molar-refractivity contribution in [3.8, 4) is 0 Å². The quantitative estimate of drug-likeness (QED) is 0.558. The lowest BCUT2D eigenvalue weighted by Gasteiger charge is -2.07. The molecular formula is C8H15N. The van der Waals surface area contributed by atoms with Crippen LogP contribution >= 0.6 is 0 Å². The number of rotatable bonds is 1. The third-order valence-corrected chi connectivity index (χ3v) is 3.30. The van der Waals surface area contributed by atoms with E-state index >= 15 is 0 Å². The van der Waals surface area contributed by atoms with Crippen LogP contribution in [0.5, 0.6) is 0 Å². The minimum atomic E-state index is 0.772. The Morgan fingerprint density at radius 2 is 2.33 bits per heavy atom. The van der Waals surface area contributed by atoms with Crippen LogP contribution in [0, 0.1) is 11.3 Å². The van der Waals surface area contributed by atoms with Crippen LogP contribution in [-0.2, 0) is 0 Å². The molecule has 0 radical (unpaired) electrons. The molecule has 0 amide bonds. The summed E-state index contributed by atoms with van der Waals surface area (Å²) in [6.45, 7) is 2.43. The Balaban J connectivity index is 2.04. The molecule has 1 nitrogen and oxygen atoms in total. The predicted octanol–water partition coefficient (Wildman–Crippen LogP) is 1.39. The van der Waals surface area contributed by atoms with E-state index in [0.29, 0.717) is 0 Å². The van der Waals surface area contributed by atoms with Gasteiger partial charge < -0.3 is 5.32 Å². The van der Waals surface area contributed by atoms with Gasteiger partial charge in [0.2, 0.25) is 0 Å². The lowest BCUT2D eigenvalue weighted by atomic mass is 10.1. The maximum atomic E-state index is 3.38. The Hall–Kier alpha value is -0.0400. The summed E-state index contributed by atoms with van der Waals surface area (Å²) in [4.78, 5) is 0. The summed E-state index contributed by atoms with van der Waals surface area (Å²) in [5.74, 6) is 1.03. The molecule has 2 aliphatic rings. The van der Waals surface area contributed by atoms with E-state index in [1.54, 1.807) is 0 Å². The van der Waals surface area contributed by atoms with Crippen molar-refractivity contribution < 1.29 is 0 Å². The van der Waals surface area contributed by atoms with E-state index in [1.165, 1.54) is 19.3 Å². The third-order valence-electron chi connectivity index (χ3n) is 3.30. The standard InChI is InChI=1S/C8H15N/c1-8-4-3-7(9-2)6(8)5-8/h6-7,9H,3-5H2,1-2H3. The summed E-state index contributed by atoms with van der Waals surface area (Å²) in [5.41, 5.74) is 0.772. The van der Waals surface area contributed by atoms with E-state index in [2.05, 4.69) is 19.3 Å². The van der Waals surface area contributed by atoms with Gasteiger partial charge in [0.05, 0.1) is 0 Å². The number of hydrogen-bond acceptors (Lipinski definition) is 1. The zero-order valence-electron chi connectivity index (χ0n) is 6.28. The second-order valence-corrected chi connectivity index (χ2v) is 3.90. The SMILES string of the molecule is CNC1CCC2(C)CC12. The Labute approximate surface area is 56.8 Å². The van der Waals surface area contributed by atoms with Crippen molar-refractivity contribution in [3.63, 3.8) is 0 Å². The number of nitrogens with one attached hydrogen (secondary N) is 1. The molecule has 2 saturated carbocycles. The predicted molar refractivity (Wildman–Crippen MR) is 38.3 cm³/mol. The average molecular weight is 125 g/mol. The molecule has 0 aromatic rings. The molecule has 3 atom stereocenters. The van der Waals surface area contributed by atoms with Gasteiger partial charge in [-0.25, -0.2) is 0 Å². The first-order chi connectivity index (χ1) is 4.26. The first-order valence-electron chi connectivity index (χ1n) is 3.93. The Bertz CT molecular complexity index is 133. The highest BCUT2D eigenvalue weighted by molar-refractivity contribution is 5.09. The van der Waals surface area contributed by atoms with E-state index < -0.39 is 0 Å². The molecule has 3 unspecified atom stereocenters. The molecule has 0 spiro atoms. The minimum Gasteiger partial charge on any atom is -0.317 e. The summed E-state index contributed by atoms with van der Waals surface area (Å²) < 4.78 is 0. The summed E-state index contributed by atoms with van der Waals surface area (Å²) in [6.07, 6.45) is 4.36. The van der Waals surface area contributed by atoms with Gasteiger partial charge in [0.1, 0.15) is 0 Å². The molecule has 0 aliphatic heterocycles. The van der Waals surface area contributed by atoms with Crippen molar-refractivity contribution in [2.75, 3.05) is 7.05 Å². The molecule has 2 rings (SSSR count). The van der Waals surface area contributed by atoms with Crippen molar-refractivity contribution >= 4 is 0 Å². The Kier molecular flexibility index (Phi) is 0.963. The third kappa shape index (κ3) is 0.644. The molecule has 2 aliphatic carbocycles. The van der Waals surface area contributed by atoms with Crippen LogP contribution in [0.25, 0.3) is 0 Å². The average Bonchev–Trinajstić information content (AvgIpc) is 2.39. The highest BCUT2D eigenvalue weighted by atomic mass is 14.9. The van der Waals surface area contributed by atoms with Crippen LogP contribution in [-0.4, -0.2) is 13.1 Å². The van der Waals surface area contributed by atoms with Crippen LogP contribution in [0.2, 0.25) is 0 Å². The Morgan fingerprint density at radius 1 is 1.56 bits per heavy atom. The molecule has 1 heteroatoms. The van der Waals surface area contributed by atoms with Crippen LogP contribution in [0.15, 0.2) is 0 Å². The van der Waals surface area contributed by atoms with Gasteiger partial charge in [0, 0.05) is 6.04 Å². The second-order valence-electron chi connectivity index (χ2n) is 3.90. The van der Waals surface area contributed by atoms with E-state index in [9.17, 15) is 0 Å². The molecule has 52 valence electrons. The maximum Gasteiger partial charge on any atom is 0.00979 e. The van der Waals surface area contributed by atoms with Gasteiger partial charge in [-0.1, -0.05) is 6.92 Å². The van der Waals surface area contributed by atoms with Gasteiger partial charge in [-0.2, -0.15) is 0 Å².